The van der Waals surface area contributed by atoms with E-state index in [1.165, 1.54) is 19.4 Å². The molecule has 0 aliphatic rings. The molecule has 0 aliphatic heterocycles. The topological polar surface area (TPSA) is 12.0 Å². The van der Waals surface area contributed by atoms with Gasteiger partial charge in [0.1, 0.15) is 0 Å². The number of hydrogen-bond acceptors (Lipinski definition) is 1. The molecule has 1 N–H and O–H groups in total. The van der Waals surface area contributed by atoms with Crippen LogP contribution in [0.2, 0.25) is 0 Å². The molecule has 0 spiro atoms. The van der Waals surface area contributed by atoms with Crippen LogP contribution in [0.5, 0.6) is 0 Å². The van der Waals surface area contributed by atoms with Crippen molar-refractivity contribution in [1.82, 2.24) is 5.32 Å². The lowest BCUT2D eigenvalue weighted by Crippen LogP contribution is -2.28. The van der Waals surface area contributed by atoms with Crippen molar-refractivity contribution in [3.05, 3.63) is 0 Å². The lowest BCUT2D eigenvalue weighted by molar-refractivity contribution is 0.339. The SMILES string of the molecule is CCCC(C)C(C)CNCC(C)C. The summed E-state index contributed by atoms with van der Waals surface area (Å²) in [6.07, 6.45) is 2.68. The molecule has 1 nitrogen and oxygen atoms in total. The van der Waals surface area contributed by atoms with Crippen LogP contribution in [0.4, 0.5) is 0 Å². The van der Waals surface area contributed by atoms with E-state index in [2.05, 4.69) is 39.9 Å². The van der Waals surface area contributed by atoms with Gasteiger partial charge in [-0.3, -0.25) is 0 Å². The molecular formula is C12H27N. The average molecular weight is 185 g/mol. The lowest BCUT2D eigenvalue weighted by atomic mass is 9.92. The first-order valence-electron chi connectivity index (χ1n) is 5.78. The van der Waals surface area contributed by atoms with E-state index in [-0.39, 0.29) is 0 Å². The van der Waals surface area contributed by atoms with E-state index in [0.717, 1.165) is 24.3 Å². The molecule has 0 aromatic carbocycles. The van der Waals surface area contributed by atoms with Crippen LogP contribution >= 0.6 is 0 Å². The van der Waals surface area contributed by atoms with Gasteiger partial charge in [0.15, 0.2) is 0 Å². The van der Waals surface area contributed by atoms with Gasteiger partial charge in [-0.25, -0.2) is 0 Å². The summed E-state index contributed by atoms with van der Waals surface area (Å²) in [5.74, 6) is 2.46. The number of hydrogen-bond donors (Lipinski definition) is 1. The Kier molecular flexibility index (Phi) is 7.35. The summed E-state index contributed by atoms with van der Waals surface area (Å²) in [6, 6.07) is 0. The highest BCUT2D eigenvalue weighted by Crippen LogP contribution is 2.15. The van der Waals surface area contributed by atoms with E-state index in [1.807, 2.05) is 0 Å². The molecule has 0 aromatic rings. The second-order valence-electron chi connectivity index (χ2n) is 4.80. The van der Waals surface area contributed by atoms with E-state index < -0.39 is 0 Å². The van der Waals surface area contributed by atoms with Crippen LogP contribution in [0.3, 0.4) is 0 Å². The highest BCUT2D eigenvalue weighted by atomic mass is 14.9. The van der Waals surface area contributed by atoms with E-state index in [9.17, 15) is 0 Å². The molecule has 0 aromatic heterocycles. The van der Waals surface area contributed by atoms with Crippen LogP contribution in [0.15, 0.2) is 0 Å². The third kappa shape index (κ3) is 7.06. The summed E-state index contributed by atoms with van der Waals surface area (Å²) in [5.41, 5.74) is 0. The summed E-state index contributed by atoms with van der Waals surface area (Å²) < 4.78 is 0. The maximum Gasteiger partial charge on any atom is -0.00205 e. The maximum atomic E-state index is 3.52. The normalized spacial score (nSPS) is 16.2. The minimum atomic E-state index is 0.772. The van der Waals surface area contributed by atoms with Crippen molar-refractivity contribution in [2.24, 2.45) is 17.8 Å². The van der Waals surface area contributed by atoms with E-state index in [0.29, 0.717) is 0 Å². The minimum Gasteiger partial charge on any atom is -0.316 e. The van der Waals surface area contributed by atoms with Gasteiger partial charge < -0.3 is 5.32 Å². The van der Waals surface area contributed by atoms with Gasteiger partial charge in [0.25, 0.3) is 0 Å². The van der Waals surface area contributed by atoms with Crippen LogP contribution in [0.1, 0.15) is 47.5 Å². The minimum absolute atomic E-state index is 0.772. The van der Waals surface area contributed by atoms with Gasteiger partial charge in [0.05, 0.1) is 0 Å². The molecule has 0 bridgehead atoms. The second-order valence-corrected chi connectivity index (χ2v) is 4.80. The van der Waals surface area contributed by atoms with E-state index >= 15 is 0 Å². The maximum absolute atomic E-state index is 3.52. The second kappa shape index (κ2) is 7.37. The Bertz CT molecular complexity index is 110. The fourth-order valence-corrected chi connectivity index (χ4v) is 1.54. The standard InChI is InChI=1S/C12H27N/c1-6-7-11(4)12(5)9-13-8-10(2)3/h10-13H,6-9H2,1-5H3. The predicted molar refractivity (Wildman–Crippen MR) is 60.9 cm³/mol. The van der Waals surface area contributed by atoms with Crippen molar-refractivity contribution >= 4 is 0 Å². The van der Waals surface area contributed by atoms with Crippen LogP contribution < -0.4 is 5.32 Å². The van der Waals surface area contributed by atoms with Crippen molar-refractivity contribution in [1.29, 1.82) is 0 Å². The molecule has 0 amide bonds. The first kappa shape index (κ1) is 13.0. The molecular weight excluding hydrogens is 158 g/mol. The Hall–Kier alpha value is -0.0400. The molecule has 0 aliphatic carbocycles. The Morgan fingerprint density at radius 2 is 1.54 bits per heavy atom. The van der Waals surface area contributed by atoms with Crippen LogP contribution in [0, 0.1) is 17.8 Å². The fraction of sp³-hybridized carbons (Fsp3) is 1.00. The predicted octanol–water partition coefficient (Wildman–Crippen LogP) is 3.30. The highest BCUT2D eigenvalue weighted by molar-refractivity contribution is 4.64. The molecule has 1 heteroatoms. The van der Waals surface area contributed by atoms with Crippen molar-refractivity contribution in [2.45, 2.75) is 47.5 Å². The Morgan fingerprint density at radius 1 is 0.923 bits per heavy atom. The number of rotatable bonds is 7. The molecule has 0 radical (unpaired) electrons. The molecule has 2 atom stereocenters. The smallest absolute Gasteiger partial charge is 0.00205 e. The molecule has 2 unspecified atom stereocenters. The van der Waals surface area contributed by atoms with Gasteiger partial charge in [-0.2, -0.15) is 0 Å². The summed E-state index contributed by atoms with van der Waals surface area (Å²) in [7, 11) is 0. The largest absolute Gasteiger partial charge is 0.316 e. The molecule has 80 valence electrons. The third-order valence-electron chi connectivity index (χ3n) is 2.73. The van der Waals surface area contributed by atoms with Crippen LogP contribution in [-0.4, -0.2) is 13.1 Å². The van der Waals surface area contributed by atoms with Crippen molar-refractivity contribution in [3.8, 4) is 0 Å². The molecule has 0 saturated heterocycles. The number of nitrogens with one attached hydrogen (secondary N) is 1. The zero-order valence-electron chi connectivity index (χ0n) is 10.1. The van der Waals surface area contributed by atoms with Gasteiger partial charge >= 0.3 is 0 Å². The Labute approximate surface area is 84.3 Å². The lowest BCUT2D eigenvalue weighted by Gasteiger charge is -2.20. The molecule has 0 heterocycles. The van der Waals surface area contributed by atoms with Gasteiger partial charge in [-0.05, 0) is 30.8 Å². The van der Waals surface area contributed by atoms with E-state index in [4.69, 9.17) is 0 Å². The van der Waals surface area contributed by atoms with Gasteiger partial charge in [0.2, 0.25) is 0 Å². The fourth-order valence-electron chi connectivity index (χ4n) is 1.54. The summed E-state index contributed by atoms with van der Waals surface area (Å²) >= 11 is 0. The quantitative estimate of drug-likeness (QED) is 0.641. The van der Waals surface area contributed by atoms with Crippen molar-refractivity contribution < 1.29 is 0 Å². The zero-order valence-corrected chi connectivity index (χ0v) is 10.1. The monoisotopic (exact) mass is 185 g/mol. The Balaban J connectivity index is 3.43. The zero-order chi connectivity index (χ0) is 10.3. The molecule has 0 rings (SSSR count). The Morgan fingerprint density at radius 3 is 2.00 bits per heavy atom. The summed E-state index contributed by atoms with van der Waals surface area (Å²) in [5, 5.41) is 3.52. The highest BCUT2D eigenvalue weighted by Gasteiger charge is 2.10. The molecule has 0 fully saturated rings. The van der Waals surface area contributed by atoms with Crippen LogP contribution in [0.25, 0.3) is 0 Å². The first-order valence-corrected chi connectivity index (χ1v) is 5.78. The van der Waals surface area contributed by atoms with Crippen molar-refractivity contribution in [3.63, 3.8) is 0 Å². The molecule has 0 saturated carbocycles. The summed E-state index contributed by atoms with van der Waals surface area (Å²) in [6.45, 7) is 13.8. The van der Waals surface area contributed by atoms with Gasteiger partial charge in [-0.1, -0.05) is 47.5 Å². The van der Waals surface area contributed by atoms with E-state index in [1.54, 1.807) is 0 Å². The summed E-state index contributed by atoms with van der Waals surface area (Å²) in [4.78, 5) is 0. The van der Waals surface area contributed by atoms with Gasteiger partial charge in [0, 0.05) is 0 Å². The third-order valence-corrected chi connectivity index (χ3v) is 2.73. The average Bonchev–Trinajstić information content (AvgIpc) is 2.04. The first-order chi connectivity index (χ1) is 6.07. The van der Waals surface area contributed by atoms with Crippen LogP contribution in [-0.2, 0) is 0 Å². The molecule has 13 heavy (non-hydrogen) atoms. The van der Waals surface area contributed by atoms with Gasteiger partial charge in [-0.15, -0.1) is 0 Å². The van der Waals surface area contributed by atoms with Crippen molar-refractivity contribution in [2.75, 3.05) is 13.1 Å².